The maximum Gasteiger partial charge on any atom is 0.328 e. The van der Waals surface area contributed by atoms with Crippen LogP contribution in [0.25, 0.3) is 0 Å². The lowest BCUT2D eigenvalue weighted by Gasteiger charge is -2.24. The molecule has 140 valence electrons. The van der Waals surface area contributed by atoms with Crippen LogP contribution in [-0.2, 0) is 14.3 Å². The zero-order valence-electron chi connectivity index (χ0n) is 15.9. The van der Waals surface area contributed by atoms with Gasteiger partial charge in [-0.2, -0.15) is 0 Å². The number of methoxy groups -OCH3 is 1. The van der Waals surface area contributed by atoms with Gasteiger partial charge in [0.2, 0.25) is 6.41 Å². The van der Waals surface area contributed by atoms with Gasteiger partial charge in [0.05, 0.1) is 7.11 Å². The van der Waals surface area contributed by atoms with Gasteiger partial charge in [0, 0.05) is 5.69 Å². The molecule has 1 aliphatic carbocycles. The van der Waals surface area contributed by atoms with Gasteiger partial charge in [-0.3, -0.25) is 4.79 Å². The summed E-state index contributed by atoms with van der Waals surface area (Å²) in [7, 11) is 1.35. The second-order valence-corrected chi connectivity index (χ2v) is 6.91. The predicted molar refractivity (Wildman–Crippen MR) is 101 cm³/mol. The number of rotatable bonds is 5. The minimum absolute atomic E-state index is 0.340. The van der Waals surface area contributed by atoms with Gasteiger partial charge in [-0.15, -0.1) is 0 Å². The maximum atomic E-state index is 11.3. The molecule has 0 unspecified atom stereocenters. The number of carbonyl (C=O) groups is 2. The minimum Gasteiger partial charge on any atom is -0.467 e. The molecular weight excluding hydrogens is 316 g/mol. The van der Waals surface area contributed by atoms with Crippen molar-refractivity contribution in [2.45, 2.75) is 65.3 Å². The number of nitrogen functional groups attached to an aromatic ring is 1. The zero-order chi connectivity index (χ0) is 18.8. The first kappa shape index (κ1) is 21.0. The van der Waals surface area contributed by atoms with E-state index in [1.54, 1.807) is 0 Å². The van der Waals surface area contributed by atoms with E-state index in [1.807, 2.05) is 13.8 Å². The number of aryl methyl sites for hydroxylation is 3. The van der Waals surface area contributed by atoms with E-state index in [0.29, 0.717) is 18.7 Å². The van der Waals surface area contributed by atoms with Gasteiger partial charge in [0.15, 0.2) is 0 Å². The van der Waals surface area contributed by atoms with Gasteiger partial charge in [-0.25, -0.2) is 4.79 Å². The largest absolute Gasteiger partial charge is 0.467 e. The summed E-state index contributed by atoms with van der Waals surface area (Å²) < 4.78 is 4.65. The molecule has 0 bridgehead atoms. The summed E-state index contributed by atoms with van der Waals surface area (Å²) in [5.74, 6) is 0.211. The van der Waals surface area contributed by atoms with Gasteiger partial charge in [-0.1, -0.05) is 49.8 Å². The molecule has 1 fully saturated rings. The molecule has 1 saturated carbocycles. The highest BCUT2D eigenvalue weighted by atomic mass is 16.5. The number of carbonyl (C=O) groups excluding carboxylic acids is 2. The van der Waals surface area contributed by atoms with Crippen LogP contribution in [0, 0.1) is 26.7 Å². The Morgan fingerprint density at radius 3 is 2.28 bits per heavy atom. The van der Waals surface area contributed by atoms with Crippen molar-refractivity contribution < 1.29 is 14.3 Å². The summed E-state index contributed by atoms with van der Waals surface area (Å²) >= 11 is 0. The molecule has 25 heavy (non-hydrogen) atoms. The first-order chi connectivity index (χ1) is 11.9. The molecule has 1 atom stereocenters. The van der Waals surface area contributed by atoms with Crippen LogP contribution in [0.2, 0.25) is 0 Å². The van der Waals surface area contributed by atoms with Gasteiger partial charge in [0.25, 0.3) is 0 Å². The quantitative estimate of drug-likeness (QED) is 0.485. The summed E-state index contributed by atoms with van der Waals surface area (Å²) in [5.41, 5.74) is 10.3. The van der Waals surface area contributed by atoms with Crippen LogP contribution in [-0.4, -0.2) is 25.5 Å². The Morgan fingerprint density at radius 2 is 1.80 bits per heavy atom. The van der Waals surface area contributed by atoms with E-state index in [4.69, 9.17) is 5.73 Å². The fourth-order valence-electron chi connectivity index (χ4n) is 3.40. The fourth-order valence-corrected chi connectivity index (χ4v) is 3.40. The molecule has 1 aromatic rings. The second-order valence-electron chi connectivity index (χ2n) is 6.91. The number of hydrogen-bond donors (Lipinski definition) is 2. The van der Waals surface area contributed by atoms with E-state index in [1.165, 1.54) is 43.1 Å². The lowest BCUT2D eigenvalue weighted by atomic mass is 9.85. The monoisotopic (exact) mass is 348 g/mol. The van der Waals surface area contributed by atoms with Gasteiger partial charge in [-0.05, 0) is 44.2 Å². The van der Waals surface area contributed by atoms with E-state index >= 15 is 0 Å². The molecule has 1 aliphatic rings. The molecule has 1 amide bonds. The number of anilines is 1. The number of amides is 1. The Labute approximate surface area is 151 Å². The van der Waals surface area contributed by atoms with Crippen molar-refractivity contribution >= 4 is 18.1 Å². The molecule has 0 spiro atoms. The Balaban J connectivity index is 0.000000271. The second kappa shape index (κ2) is 10.7. The van der Waals surface area contributed by atoms with Crippen molar-refractivity contribution in [1.82, 2.24) is 5.32 Å². The molecule has 0 aliphatic heterocycles. The van der Waals surface area contributed by atoms with Gasteiger partial charge >= 0.3 is 5.97 Å². The molecule has 5 heteroatoms. The van der Waals surface area contributed by atoms with Crippen molar-refractivity contribution in [1.29, 1.82) is 0 Å². The zero-order valence-corrected chi connectivity index (χ0v) is 15.9. The van der Waals surface area contributed by atoms with Crippen molar-refractivity contribution in [2.24, 2.45) is 5.92 Å². The average molecular weight is 348 g/mol. The molecule has 3 N–H and O–H groups in total. The van der Waals surface area contributed by atoms with Crippen molar-refractivity contribution in [3.63, 3.8) is 0 Å². The molecule has 0 saturated heterocycles. The third kappa shape index (κ3) is 7.16. The third-order valence-electron chi connectivity index (χ3n) is 4.79. The highest BCUT2D eigenvalue weighted by Crippen LogP contribution is 2.27. The van der Waals surface area contributed by atoms with Crippen LogP contribution < -0.4 is 11.1 Å². The molecule has 1 aromatic carbocycles. The van der Waals surface area contributed by atoms with Crippen molar-refractivity contribution in [3.8, 4) is 0 Å². The third-order valence-corrected chi connectivity index (χ3v) is 4.79. The summed E-state index contributed by atoms with van der Waals surface area (Å²) in [6.07, 6.45) is 7.37. The highest BCUT2D eigenvalue weighted by Gasteiger charge is 2.24. The lowest BCUT2D eigenvalue weighted by molar-refractivity contribution is -0.144. The average Bonchev–Trinajstić information content (AvgIpc) is 2.60. The first-order valence-corrected chi connectivity index (χ1v) is 8.99. The van der Waals surface area contributed by atoms with Crippen LogP contribution in [0.5, 0.6) is 0 Å². The Kier molecular flexibility index (Phi) is 9.03. The molecular formula is C20H32N2O3. The number of nitrogens with one attached hydrogen (secondary N) is 1. The van der Waals surface area contributed by atoms with E-state index in [0.717, 1.165) is 18.5 Å². The van der Waals surface area contributed by atoms with Crippen molar-refractivity contribution in [3.05, 3.63) is 28.8 Å². The standard InChI is InChI=1S/C11H19NO3.C9H13N/c1-15-11(14)10(12-8-13)7-9-5-3-2-4-6-9;1-6-4-7(2)9(10)8(3)5-6/h8-10H,2-7H2,1H3,(H,12,13);4-5H,10H2,1-3H3/t10-;/m0./s1. The fraction of sp³-hybridized carbons (Fsp3) is 0.600. The van der Waals surface area contributed by atoms with Crippen molar-refractivity contribution in [2.75, 3.05) is 12.8 Å². The van der Waals surface area contributed by atoms with Crippen LogP contribution >= 0.6 is 0 Å². The lowest BCUT2D eigenvalue weighted by Crippen LogP contribution is -2.38. The molecule has 2 rings (SSSR count). The number of benzene rings is 1. The van der Waals surface area contributed by atoms with Crippen LogP contribution in [0.1, 0.15) is 55.2 Å². The molecule has 5 nitrogen and oxygen atoms in total. The number of ether oxygens (including phenoxy) is 1. The minimum atomic E-state index is -0.462. The Morgan fingerprint density at radius 1 is 1.24 bits per heavy atom. The van der Waals surface area contributed by atoms with E-state index in [9.17, 15) is 9.59 Å². The summed E-state index contributed by atoms with van der Waals surface area (Å²) in [6.45, 7) is 6.16. The Bertz CT molecular complexity index is 543. The number of nitrogens with two attached hydrogens (primary N) is 1. The first-order valence-electron chi connectivity index (χ1n) is 8.99. The predicted octanol–water partition coefficient (Wildman–Crippen LogP) is 3.44. The topological polar surface area (TPSA) is 81.4 Å². The smallest absolute Gasteiger partial charge is 0.328 e. The van der Waals surface area contributed by atoms with Crippen LogP contribution in [0.15, 0.2) is 12.1 Å². The van der Waals surface area contributed by atoms with Gasteiger partial charge < -0.3 is 15.8 Å². The highest BCUT2D eigenvalue weighted by molar-refractivity contribution is 5.78. The summed E-state index contributed by atoms with van der Waals surface area (Å²) in [4.78, 5) is 21.7. The molecule has 0 radical (unpaired) electrons. The molecule has 0 aromatic heterocycles. The molecule has 0 heterocycles. The van der Waals surface area contributed by atoms with E-state index in [2.05, 4.69) is 29.1 Å². The van der Waals surface area contributed by atoms with Gasteiger partial charge in [0.1, 0.15) is 6.04 Å². The normalized spacial score (nSPS) is 15.5. The van der Waals surface area contributed by atoms with Crippen LogP contribution in [0.4, 0.5) is 5.69 Å². The Hall–Kier alpha value is -2.04. The maximum absolute atomic E-state index is 11.3. The SMILES string of the molecule is COC(=O)[C@H](CC1CCCCC1)NC=O.Cc1cc(C)c(N)c(C)c1. The number of hydrogen-bond acceptors (Lipinski definition) is 4. The van der Waals surface area contributed by atoms with E-state index in [-0.39, 0.29) is 5.97 Å². The van der Waals surface area contributed by atoms with Crippen LogP contribution in [0.3, 0.4) is 0 Å². The van der Waals surface area contributed by atoms with E-state index < -0.39 is 6.04 Å². The summed E-state index contributed by atoms with van der Waals surface area (Å²) in [6, 6.07) is 3.74. The summed E-state index contributed by atoms with van der Waals surface area (Å²) in [5, 5.41) is 2.53. The number of esters is 1.